The van der Waals surface area contributed by atoms with E-state index in [2.05, 4.69) is 20.5 Å². The van der Waals surface area contributed by atoms with Crippen LogP contribution in [0.1, 0.15) is 30.4 Å². The Balaban J connectivity index is 1.23. The van der Waals surface area contributed by atoms with Crippen molar-refractivity contribution in [1.82, 2.24) is 25.5 Å². The van der Waals surface area contributed by atoms with Crippen LogP contribution in [0.25, 0.3) is 33.6 Å². The van der Waals surface area contributed by atoms with Crippen molar-refractivity contribution in [2.45, 2.75) is 38.4 Å². The number of carboxylic acids is 1. The van der Waals surface area contributed by atoms with E-state index in [0.29, 0.717) is 72.1 Å². The maximum absolute atomic E-state index is 11.5. The van der Waals surface area contributed by atoms with Gasteiger partial charge in [-0.2, -0.15) is 0 Å². The van der Waals surface area contributed by atoms with E-state index in [9.17, 15) is 14.7 Å². The van der Waals surface area contributed by atoms with Gasteiger partial charge >= 0.3 is 5.97 Å². The molecule has 2 aliphatic heterocycles. The van der Waals surface area contributed by atoms with Gasteiger partial charge in [0.15, 0.2) is 0 Å². The number of carboxylic acid groups (broad SMARTS) is 1. The van der Waals surface area contributed by atoms with Gasteiger partial charge in [-0.1, -0.05) is 59.6 Å². The Morgan fingerprint density at radius 3 is 2.54 bits per heavy atom. The highest BCUT2D eigenvalue weighted by Gasteiger charge is 2.28. The Bertz CT molecular complexity index is 1840. The molecule has 2 aliphatic rings. The summed E-state index contributed by atoms with van der Waals surface area (Å²) in [6.07, 6.45) is 3.74. The quantitative estimate of drug-likeness (QED) is 0.162. The molecular formula is C36H37Cl2N5O5. The Morgan fingerprint density at radius 2 is 1.81 bits per heavy atom. The molecule has 0 bridgehead atoms. The third-order valence-corrected chi connectivity index (χ3v) is 9.74. The minimum absolute atomic E-state index is 0.0934. The molecule has 250 valence electrons. The first kappa shape index (κ1) is 33.7. The van der Waals surface area contributed by atoms with Crippen LogP contribution in [-0.2, 0) is 22.7 Å². The highest BCUT2D eigenvalue weighted by atomic mass is 35.5. The molecule has 3 N–H and O–H groups in total. The average molecular weight is 691 g/mol. The van der Waals surface area contributed by atoms with Gasteiger partial charge in [-0.05, 0) is 37.6 Å². The third kappa shape index (κ3) is 7.27. The second kappa shape index (κ2) is 14.9. The largest absolute Gasteiger partial charge is 0.496 e. The van der Waals surface area contributed by atoms with Gasteiger partial charge in [0.2, 0.25) is 11.8 Å². The minimum Gasteiger partial charge on any atom is -0.496 e. The summed E-state index contributed by atoms with van der Waals surface area (Å²) < 4.78 is 11.4. The summed E-state index contributed by atoms with van der Waals surface area (Å²) in [5.41, 5.74) is 6.07. The number of hydrogen-bond donors (Lipinski definition) is 3. The molecular weight excluding hydrogens is 653 g/mol. The number of carbonyl (C=O) groups is 2. The summed E-state index contributed by atoms with van der Waals surface area (Å²) in [6.45, 7) is 3.04. The summed E-state index contributed by atoms with van der Waals surface area (Å²) in [5.74, 6) is 0.167. The van der Waals surface area contributed by atoms with Gasteiger partial charge in [0.1, 0.15) is 5.75 Å². The van der Waals surface area contributed by atoms with Crippen LogP contribution in [0.15, 0.2) is 60.8 Å². The molecule has 0 saturated carbocycles. The molecule has 6 rings (SSSR count). The zero-order valence-corrected chi connectivity index (χ0v) is 28.3. The molecule has 2 atom stereocenters. The molecule has 48 heavy (non-hydrogen) atoms. The molecule has 0 spiro atoms. The fraction of sp³-hybridized carbons (Fsp3) is 0.333. The molecule has 2 saturated heterocycles. The van der Waals surface area contributed by atoms with E-state index in [-0.39, 0.29) is 17.9 Å². The van der Waals surface area contributed by atoms with Crippen LogP contribution in [0.3, 0.4) is 0 Å². The Hall–Kier alpha value is -4.22. The van der Waals surface area contributed by atoms with Crippen molar-refractivity contribution in [3.63, 3.8) is 0 Å². The van der Waals surface area contributed by atoms with E-state index in [1.165, 1.54) is 0 Å². The zero-order chi connectivity index (χ0) is 33.8. The number of methoxy groups -OCH3 is 2. The summed E-state index contributed by atoms with van der Waals surface area (Å²) in [5, 5.41) is 16.7. The van der Waals surface area contributed by atoms with Gasteiger partial charge < -0.3 is 25.2 Å². The first-order chi connectivity index (χ1) is 23.2. The molecule has 12 heteroatoms. The molecule has 2 aromatic carbocycles. The van der Waals surface area contributed by atoms with Crippen LogP contribution in [0.5, 0.6) is 11.6 Å². The Morgan fingerprint density at radius 1 is 1.02 bits per heavy atom. The number of rotatable bonds is 12. The smallest absolute Gasteiger partial charge is 0.307 e. The second-order valence-corrected chi connectivity index (χ2v) is 12.8. The predicted octanol–water partition coefficient (Wildman–Crippen LogP) is 6.08. The fourth-order valence-electron chi connectivity index (χ4n) is 6.37. The van der Waals surface area contributed by atoms with Gasteiger partial charge in [-0.25, -0.2) is 4.98 Å². The number of halogens is 2. The number of likely N-dealkylation sites (tertiary alicyclic amines) is 1. The molecule has 4 aromatic rings. The number of amides is 1. The number of benzene rings is 2. The van der Waals surface area contributed by atoms with Crippen molar-refractivity contribution < 1.29 is 24.2 Å². The van der Waals surface area contributed by atoms with Gasteiger partial charge in [0.05, 0.1) is 41.6 Å². The van der Waals surface area contributed by atoms with Crippen molar-refractivity contribution in [1.29, 1.82) is 0 Å². The van der Waals surface area contributed by atoms with Crippen molar-refractivity contribution >= 4 is 35.1 Å². The first-order valence-corrected chi connectivity index (χ1v) is 16.6. The van der Waals surface area contributed by atoms with Crippen LogP contribution >= 0.6 is 23.2 Å². The van der Waals surface area contributed by atoms with E-state index >= 15 is 0 Å². The zero-order valence-electron chi connectivity index (χ0n) is 26.8. The number of hydrogen-bond acceptors (Lipinski definition) is 8. The molecule has 2 fully saturated rings. The predicted molar refractivity (Wildman–Crippen MR) is 185 cm³/mol. The standard InChI is InChI=1S/C36H37Cl2N5O5/c1-47-30-16-21(6-7-23(30)19-43-15-13-24(20-43)36(45)46)34-33(38)27(12-14-40-34)26-4-3-5-28(32(26)37)29-10-8-22(35(42-29)48-2)17-39-18-25-9-11-31(44)41-25/h3-8,10,12,14,16,24-25,39H,9,11,13,15,17-20H2,1-2H3,(H,41,44)(H,45,46)/t24-,25-/m0/s1. The maximum atomic E-state index is 11.5. The third-order valence-electron chi connectivity index (χ3n) is 8.95. The van der Waals surface area contributed by atoms with E-state index < -0.39 is 5.97 Å². The van der Waals surface area contributed by atoms with Crippen LogP contribution in [0, 0.1) is 5.92 Å². The van der Waals surface area contributed by atoms with Crippen LogP contribution < -0.4 is 20.1 Å². The normalized spacial score (nSPS) is 17.8. The second-order valence-electron chi connectivity index (χ2n) is 12.1. The van der Waals surface area contributed by atoms with Crippen molar-refractivity contribution in [2.75, 3.05) is 33.9 Å². The summed E-state index contributed by atoms with van der Waals surface area (Å²) >= 11 is 14.1. The number of aliphatic carboxylic acids is 1. The van der Waals surface area contributed by atoms with E-state index in [1.807, 2.05) is 54.6 Å². The van der Waals surface area contributed by atoms with Crippen molar-refractivity contribution in [2.24, 2.45) is 5.92 Å². The number of aromatic nitrogens is 2. The molecule has 0 aliphatic carbocycles. The van der Waals surface area contributed by atoms with Crippen LogP contribution in [-0.4, -0.2) is 71.7 Å². The molecule has 2 aromatic heterocycles. The van der Waals surface area contributed by atoms with Gasteiger partial charge in [-0.3, -0.25) is 19.5 Å². The monoisotopic (exact) mass is 689 g/mol. The number of nitrogens with one attached hydrogen (secondary N) is 2. The van der Waals surface area contributed by atoms with Gasteiger partial charge in [-0.15, -0.1) is 0 Å². The first-order valence-electron chi connectivity index (χ1n) is 15.9. The van der Waals surface area contributed by atoms with Crippen LogP contribution in [0.2, 0.25) is 10.0 Å². The lowest BCUT2D eigenvalue weighted by molar-refractivity contribution is -0.141. The fourth-order valence-corrected chi connectivity index (χ4v) is 7.02. The lowest BCUT2D eigenvalue weighted by Crippen LogP contribution is -2.35. The molecule has 10 nitrogen and oxygen atoms in total. The van der Waals surface area contributed by atoms with Crippen LogP contribution in [0.4, 0.5) is 0 Å². The number of carbonyl (C=O) groups excluding carboxylic acids is 1. The molecule has 0 unspecified atom stereocenters. The topological polar surface area (TPSA) is 126 Å². The summed E-state index contributed by atoms with van der Waals surface area (Å²) in [4.78, 5) is 34.4. The molecule has 0 radical (unpaired) electrons. The SMILES string of the molecule is COc1cc(-c2nccc(-c3cccc(-c4ccc(CNC[C@@H]5CCC(=O)N5)c(OC)n4)c3Cl)c2Cl)ccc1CN1CC[C@H](C(=O)O)C1. The highest BCUT2D eigenvalue weighted by molar-refractivity contribution is 6.39. The highest BCUT2D eigenvalue weighted by Crippen LogP contribution is 2.42. The lowest BCUT2D eigenvalue weighted by atomic mass is 9.99. The molecule has 4 heterocycles. The number of nitrogens with zero attached hydrogens (tertiary/aromatic N) is 3. The average Bonchev–Trinajstić information content (AvgIpc) is 3.74. The van der Waals surface area contributed by atoms with Crippen molar-refractivity contribution in [3.05, 3.63) is 82.0 Å². The number of ether oxygens (including phenoxy) is 2. The van der Waals surface area contributed by atoms with Gasteiger partial charge in [0.25, 0.3) is 0 Å². The number of pyridine rings is 2. The molecule has 1 amide bonds. The van der Waals surface area contributed by atoms with E-state index in [0.717, 1.165) is 46.3 Å². The summed E-state index contributed by atoms with van der Waals surface area (Å²) in [7, 11) is 3.21. The Labute approximate surface area is 289 Å². The van der Waals surface area contributed by atoms with E-state index in [1.54, 1.807) is 20.4 Å². The lowest BCUT2D eigenvalue weighted by Gasteiger charge is -2.18. The Kier molecular flexibility index (Phi) is 10.5. The maximum Gasteiger partial charge on any atom is 0.307 e. The van der Waals surface area contributed by atoms with Crippen molar-refractivity contribution in [3.8, 4) is 45.3 Å². The van der Waals surface area contributed by atoms with Gasteiger partial charge in [0, 0.05) is 78.2 Å². The summed E-state index contributed by atoms with van der Waals surface area (Å²) in [6, 6.07) is 17.4. The minimum atomic E-state index is -0.753. The van der Waals surface area contributed by atoms with E-state index in [4.69, 9.17) is 37.7 Å².